The van der Waals surface area contributed by atoms with Crippen molar-refractivity contribution in [2.45, 2.75) is 46.1 Å². The third-order valence-corrected chi connectivity index (χ3v) is 4.05. The fourth-order valence-electron chi connectivity index (χ4n) is 2.68. The molecular weight excluding hydrogens is 318 g/mol. The van der Waals surface area contributed by atoms with Crippen LogP contribution >= 0.6 is 0 Å². The van der Waals surface area contributed by atoms with E-state index in [1.54, 1.807) is 6.08 Å². The largest absolute Gasteiger partial charge is 0.488 e. The fourth-order valence-corrected chi connectivity index (χ4v) is 2.68. The number of hydrogen-bond donors (Lipinski definition) is 1. The minimum absolute atomic E-state index is 0.0778. The summed E-state index contributed by atoms with van der Waals surface area (Å²) >= 11 is 0. The lowest BCUT2D eigenvalue weighted by Gasteiger charge is -2.17. The van der Waals surface area contributed by atoms with Crippen molar-refractivity contribution in [1.82, 2.24) is 5.32 Å². The van der Waals surface area contributed by atoms with E-state index in [0.717, 1.165) is 30.6 Å². The molecule has 1 N–H and O–H groups in total. The van der Waals surface area contributed by atoms with Gasteiger partial charge >= 0.3 is 5.97 Å². The molecule has 0 aliphatic carbocycles. The van der Waals surface area contributed by atoms with Gasteiger partial charge in [0.05, 0.1) is 5.57 Å². The van der Waals surface area contributed by atoms with Crippen LogP contribution in [0.25, 0.3) is 6.08 Å². The van der Waals surface area contributed by atoms with Crippen LogP contribution in [0.2, 0.25) is 0 Å². The minimum Gasteiger partial charge on any atom is -0.488 e. The number of benzene rings is 1. The first-order valence-corrected chi connectivity index (χ1v) is 8.84. The Morgan fingerprint density at radius 2 is 1.96 bits per heavy atom. The van der Waals surface area contributed by atoms with Gasteiger partial charge in [-0.05, 0) is 31.4 Å². The molecule has 0 fully saturated rings. The highest BCUT2D eigenvalue weighted by atomic mass is 16.5. The highest BCUT2D eigenvalue weighted by Crippen LogP contribution is 2.26. The monoisotopic (exact) mass is 345 g/mol. The van der Waals surface area contributed by atoms with Crippen molar-refractivity contribution in [1.29, 1.82) is 0 Å². The van der Waals surface area contributed by atoms with Gasteiger partial charge in [-0.25, -0.2) is 4.79 Å². The molecule has 1 aromatic rings. The maximum absolute atomic E-state index is 12.1. The van der Waals surface area contributed by atoms with Gasteiger partial charge in [0.15, 0.2) is 6.61 Å². The standard InChI is InChI=1S/C20H27NO4/c1-14(2)7-6-8-15(3)21-19(22)13-25-20(23)17-11-16-9-4-5-10-18(16)24-12-17/h4-5,9-11,14-15H,6-8,12-13H2,1-3H3,(H,21,22). The Balaban J connectivity index is 1.75. The van der Waals surface area contributed by atoms with Crippen LogP contribution in [0.1, 0.15) is 45.6 Å². The Bertz CT molecular complexity index is 636. The highest BCUT2D eigenvalue weighted by molar-refractivity contribution is 5.96. The molecule has 0 saturated carbocycles. The van der Waals surface area contributed by atoms with Crippen LogP contribution in [0.4, 0.5) is 0 Å². The van der Waals surface area contributed by atoms with Gasteiger partial charge in [-0.1, -0.05) is 44.9 Å². The van der Waals surface area contributed by atoms with Crippen molar-refractivity contribution in [2.24, 2.45) is 5.92 Å². The predicted molar refractivity (Wildman–Crippen MR) is 97.2 cm³/mol. The van der Waals surface area contributed by atoms with Crippen LogP contribution in [0.15, 0.2) is 29.8 Å². The fraction of sp³-hybridized carbons (Fsp3) is 0.500. The first-order valence-electron chi connectivity index (χ1n) is 8.84. The maximum atomic E-state index is 12.1. The zero-order valence-corrected chi connectivity index (χ0v) is 15.2. The molecule has 1 atom stereocenters. The number of esters is 1. The Kier molecular flexibility index (Phi) is 7.04. The molecule has 0 bridgehead atoms. The minimum atomic E-state index is -0.517. The molecule has 0 spiro atoms. The van der Waals surface area contributed by atoms with Crippen molar-refractivity contribution in [2.75, 3.05) is 13.2 Å². The number of carbonyl (C=O) groups is 2. The van der Waals surface area contributed by atoms with Gasteiger partial charge < -0.3 is 14.8 Å². The summed E-state index contributed by atoms with van der Waals surface area (Å²) < 4.78 is 10.6. The molecule has 5 nitrogen and oxygen atoms in total. The van der Waals surface area contributed by atoms with E-state index in [9.17, 15) is 9.59 Å². The maximum Gasteiger partial charge on any atom is 0.338 e. The van der Waals surface area contributed by atoms with Gasteiger partial charge in [0.1, 0.15) is 12.4 Å². The summed E-state index contributed by atoms with van der Waals surface area (Å²) in [7, 11) is 0. The number of hydrogen-bond acceptors (Lipinski definition) is 4. The first kappa shape index (κ1) is 19.0. The summed E-state index contributed by atoms with van der Waals surface area (Å²) in [6.45, 7) is 6.22. The lowest BCUT2D eigenvalue weighted by molar-refractivity contribution is -0.145. The third kappa shape index (κ3) is 6.25. The van der Waals surface area contributed by atoms with Gasteiger partial charge in [-0.3, -0.25) is 4.79 Å². The topological polar surface area (TPSA) is 64.6 Å². The van der Waals surface area contributed by atoms with Crippen LogP contribution in [-0.4, -0.2) is 31.1 Å². The number of para-hydroxylation sites is 1. The SMILES string of the molecule is CC(C)CCCC(C)NC(=O)COC(=O)C1=Cc2ccccc2OC1. The molecule has 0 aromatic heterocycles. The van der Waals surface area contributed by atoms with Crippen molar-refractivity contribution < 1.29 is 19.1 Å². The molecule has 1 unspecified atom stereocenters. The molecule has 136 valence electrons. The van der Waals surface area contributed by atoms with E-state index in [2.05, 4.69) is 19.2 Å². The normalized spacial score (nSPS) is 14.2. The summed E-state index contributed by atoms with van der Waals surface area (Å²) in [5, 5.41) is 2.86. The van der Waals surface area contributed by atoms with E-state index in [4.69, 9.17) is 9.47 Å². The van der Waals surface area contributed by atoms with E-state index in [-0.39, 0.29) is 25.2 Å². The molecule has 1 heterocycles. The Hall–Kier alpha value is -2.30. The summed E-state index contributed by atoms with van der Waals surface area (Å²) in [5.74, 6) is 0.618. The molecular formula is C20H27NO4. The lowest BCUT2D eigenvalue weighted by Crippen LogP contribution is -2.36. The van der Waals surface area contributed by atoms with Crippen LogP contribution in [0, 0.1) is 5.92 Å². The second-order valence-corrected chi connectivity index (χ2v) is 6.87. The van der Waals surface area contributed by atoms with E-state index in [1.165, 1.54) is 0 Å². The van der Waals surface area contributed by atoms with Crippen molar-refractivity contribution in [3.63, 3.8) is 0 Å². The van der Waals surface area contributed by atoms with E-state index in [0.29, 0.717) is 11.5 Å². The number of amides is 1. The molecule has 1 aliphatic rings. The average Bonchev–Trinajstić information content (AvgIpc) is 2.58. The Morgan fingerprint density at radius 3 is 2.72 bits per heavy atom. The van der Waals surface area contributed by atoms with Gasteiger partial charge in [0.2, 0.25) is 0 Å². The van der Waals surface area contributed by atoms with Gasteiger partial charge in [0, 0.05) is 11.6 Å². The second kappa shape index (κ2) is 9.25. The second-order valence-electron chi connectivity index (χ2n) is 6.87. The number of nitrogens with one attached hydrogen (secondary N) is 1. The predicted octanol–water partition coefficient (Wildman–Crippen LogP) is 3.34. The number of ether oxygens (including phenoxy) is 2. The molecule has 1 aliphatic heterocycles. The molecule has 2 rings (SSSR count). The molecule has 1 amide bonds. The van der Waals surface area contributed by atoms with Crippen molar-refractivity contribution >= 4 is 18.0 Å². The lowest BCUT2D eigenvalue weighted by atomic mass is 10.0. The molecule has 0 saturated heterocycles. The molecule has 5 heteroatoms. The third-order valence-electron chi connectivity index (χ3n) is 4.05. The first-order chi connectivity index (χ1) is 12.0. The van der Waals surface area contributed by atoms with Crippen LogP contribution < -0.4 is 10.1 Å². The summed E-state index contributed by atoms with van der Waals surface area (Å²) in [4.78, 5) is 24.0. The molecule has 25 heavy (non-hydrogen) atoms. The van der Waals surface area contributed by atoms with Gasteiger partial charge in [-0.15, -0.1) is 0 Å². The summed E-state index contributed by atoms with van der Waals surface area (Å²) in [5.41, 5.74) is 1.25. The number of fused-ring (bicyclic) bond motifs is 1. The van der Waals surface area contributed by atoms with Crippen LogP contribution in [-0.2, 0) is 14.3 Å². The van der Waals surface area contributed by atoms with E-state index >= 15 is 0 Å². The Morgan fingerprint density at radius 1 is 1.20 bits per heavy atom. The molecule has 1 aromatic carbocycles. The average molecular weight is 345 g/mol. The van der Waals surface area contributed by atoms with Crippen molar-refractivity contribution in [3.05, 3.63) is 35.4 Å². The van der Waals surface area contributed by atoms with Crippen LogP contribution in [0.5, 0.6) is 5.75 Å². The van der Waals surface area contributed by atoms with Gasteiger partial charge in [-0.2, -0.15) is 0 Å². The smallest absolute Gasteiger partial charge is 0.338 e. The summed E-state index contributed by atoms with van der Waals surface area (Å²) in [6, 6.07) is 7.55. The zero-order valence-electron chi connectivity index (χ0n) is 15.2. The van der Waals surface area contributed by atoms with E-state index < -0.39 is 5.97 Å². The Labute approximate surface area is 149 Å². The highest BCUT2D eigenvalue weighted by Gasteiger charge is 2.19. The van der Waals surface area contributed by atoms with E-state index in [1.807, 2.05) is 31.2 Å². The number of rotatable bonds is 8. The van der Waals surface area contributed by atoms with Crippen LogP contribution in [0.3, 0.4) is 0 Å². The molecule has 0 radical (unpaired) electrons. The number of carbonyl (C=O) groups excluding carboxylic acids is 2. The summed E-state index contributed by atoms with van der Waals surface area (Å²) in [6.07, 6.45) is 4.88. The van der Waals surface area contributed by atoms with Crippen molar-refractivity contribution in [3.8, 4) is 5.75 Å². The zero-order chi connectivity index (χ0) is 18.2. The quantitative estimate of drug-likeness (QED) is 0.734. The van der Waals surface area contributed by atoms with Gasteiger partial charge in [0.25, 0.3) is 5.91 Å².